The Hall–Kier alpha value is -1.59. The van der Waals surface area contributed by atoms with E-state index in [1.54, 1.807) is 19.2 Å². The average Bonchev–Trinajstić information content (AvgIpc) is 2.28. The number of carbonyl (C=O) groups excluding carboxylic acids is 1. The van der Waals surface area contributed by atoms with Crippen LogP contribution in [0.4, 0.5) is 5.69 Å². The first kappa shape index (κ1) is 12.5. The highest BCUT2D eigenvalue weighted by molar-refractivity contribution is 5.92. The first-order chi connectivity index (χ1) is 7.72. The number of methoxy groups -OCH3 is 1. The third kappa shape index (κ3) is 4.77. The minimum atomic E-state index is -0.123. The molecule has 16 heavy (non-hydrogen) atoms. The van der Waals surface area contributed by atoms with E-state index in [0.717, 1.165) is 0 Å². The molecule has 0 radical (unpaired) electrons. The van der Waals surface area contributed by atoms with Gasteiger partial charge < -0.3 is 20.5 Å². The molecule has 0 atom stereocenters. The molecule has 88 valence electrons. The van der Waals surface area contributed by atoms with Crippen LogP contribution in [0.25, 0.3) is 0 Å². The third-order valence-corrected chi connectivity index (χ3v) is 1.92. The predicted octanol–water partition coefficient (Wildman–Crippen LogP) is 0.567. The molecule has 0 aliphatic carbocycles. The maximum absolute atomic E-state index is 11.4. The molecule has 0 unspecified atom stereocenters. The van der Waals surface area contributed by atoms with Crippen LogP contribution in [0, 0.1) is 0 Å². The number of phenols is 1. The molecular weight excluding hydrogens is 208 g/mol. The Morgan fingerprint density at radius 1 is 1.38 bits per heavy atom. The van der Waals surface area contributed by atoms with Crippen molar-refractivity contribution in [1.29, 1.82) is 0 Å². The average molecular weight is 224 g/mol. The molecule has 0 saturated carbocycles. The number of rotatable bonds is 6. The van der Waals surface area contributed by atoms with Gasteiger partial charge in [-0.3, -0.25) is 4.79 Å². The maximum Gasteiger partial charge on any atom is 0.238 e. The van der Waals surface area contributed by atoms with Crippen LogP contribution in [-0.4, -0.2) is 37.8 Å². The number of aromatic hydroxyl groups is 1. The molecule has 0 aliphatic heterocycles. The number of carbonyl (C=O) groups is 1. The van der Waals surface area contributed by atoms with Gasteiger partial charge in [-0.05, 0) is 24.3 Å². The fourth-order valence-electron chi connectivity index (χ4n) is 1.13. The second-order valence-corrected chi connectivity index (χ2v) is 3.26. The highest BCUT2D eigenvalue weighted by Crippen LogP contribution is 2.13. The molecule has 3 N–H and O–H groups in total. The number of hydrogen-bond donors (Lipinski definition) is 3. The van der Waals surface area contributed by atoms with Crippen LogP contribution in [0.2, 0.25) is 0 Å². The normalized spacial score (nSPS) is 10.1. The van der Waals surface area contributed by atoms with Crippen molar-refractivity contribution < 1.29 is 14.6 Å². The van der Waals surface area contributed by atoms with Gasteiger partial charge in [0.15, 0.2) is 0 Å². The molecule has 1 aromatic carbocycles. The highest BCUT2D eigenvalue weighted by Gasteiger charge is 2.01. The molecule has 0 bridgehead atoms. The zero-order valence-electron chi connectivity index (χ0n) is 9.19. The van der Waals surface area contributed by atoms with E-state index < -0.39 is 0 Å². The summed E-state index contributed by atoms with van der Waals surface area (Å²) in [5.41, 5.74) is 0.663. The molecule has 1 aromatic rings. The zero-order chi connectivity index (χ0) is 11.8. The summed E-state index contributed by atoms with van der Waals surface area (Å²) in [5, 5.41) is 14.7. The van der Waals surface area contributed by atoms with Crippen molar-refractivity contribution in [3.8, 4) is 5.75 Å². The Balaban J connectivity index is 2.26. The molecular formula is C11H16N2O3. The minimum Gasteiger partial charge on any atom is -0.508 e. The van der Waals surface area contributed by atoms with Crippen molar-refractivity contribution >= 4 is 11.6 Å². The quantitative estimate of drug-likeness (QED) is 0.488. The van der Waals surface area contributed by atoms with Crippen molar-refractivity contribution in [1.82, 2.24) is 5.32 Å². The number of hydrogen-bond acceptors (Lipinski definition) is 4. The van der Waals surface area contributed by atoms with E-state index in [9.17, 15) is 4.79 Å². The monoisotopic (exact) mass is 224 g/mol. The molecule has 0 heterocycles. The van der Waals surface area contributed by atoms with Gasteiger partial charge in [0.05, 0.1) is 13.2 Å². The van der Waals surface area contributed by atoms with Gasteiger partial charge in [0.2, 0.25) is 5.91 Å². The largest absolute Gasteiger partial charge is 0.508 e. The number of phenolic OH excluding ortho intramolecular Hbond substituents is 1. The van der Waals surface area contributed by atoms with E-state index >= 15 is 0 Å². The van der Waals surface area contributed by atoms with Crippen LogP contribution >= 0.6 is 0 Å². The third-order valence-electron chi connectivity index (χ3n) is 1.92. The second kappa shape index (κ2) is 6.81. The van der Waals surface area contributed by atoms with Crippen molar-refractivity contribution in [3.63, 3.8) is 0 Å². The van der Waals surface area contributed by atoms with Crippen LogP contribution in [0.3, 0.4) is 0 Å². The topological polar surface area (TPSA) is 70.6 Å². The zero-order valence-corrected chi connectivity index (χ0v) is 9.19. The number of ether oxygens (including phenoxy) is 1. The fraction of sp³-hybridized carbons (Fsp3) is 0.364. The second-order valence-electron chi connectivity index (χ2n) is 3.26. The van der Waals surface area contributed by atoms with Crippen LogP contribution in [0.15, 0.2) is 24.3 Å². The summed E-state index contributed by atoms with van der Waals surface area (Å²) in [6.45, 7) is 1.45. The lowest BCUT2D eigenvalue weighted by Crippen LogP contribution is -2.30. The van der Waals surface area contributed by atoms with Gasteiger partial charge in [0.1, 0.15) is 5.75 Å². The smallest absolute Gasteiger partial charge is 0.238 e. The van der Waals surface area contributed by atoms with Crippen LogP contribution in [0.5, 0.6) is 5.75 Å². The van der Waals surface area contributed by atoms with E-state index in [1.165, 1.54) is 12.1 Å². The molecule has 0 saturated heterocycles. The first-order valence-corrected chi connectivity index (χ1v) is 5.01. The maximum atomic E-state index is 11.4. The van der Waals surface area contributed by atoms with Crippen LogP contribution in [0.1, 0.15) is 0 Å². The number of amides is 1. The van der Waals surface area contributed by atoms with E-state index in [2.05, 4.69) is 10.6 Å². The lowest BCUT2D eigenvalue weighted by atomic mass is 10.3. The van der Waals surface area contributed by atoms with Gasteiger partial charge in [-0.25, -0.2) is 0 Å². The Bertz CT molecular complexity index is 325. The van der Waals surface area contributed by atoms with Crippen molar-refractivity contribution in [2.75, 3.05) is 32.1 Å². The number of anilines is 1. The van der Waals surface area contributed by atoms with E-state index in [0.29, 0.717) is 18.8 Å². The van der Waals surface area contributed by atoms with Gasteiger partial charge in [-0.15, -0.1) is 0 Å². The van der Waals surface area contributed by atoms with Crippen LogP contribution < -0.4 is 10.6 Å². The Morgan fingerprint density at radius 2 is 2.06 bits per heavy atom. The van der Waals surface area contributed by atoms with Crippen molar-refractivity contribution in [2.24, 2.45) is 0 Å². The SMILES string of the molecule is COCCNCC(=O)Nc1ccc(O)cc1. The Kier molecular flexibility index (Phi) is 5.31. The first-order valence-electron chi connectivity index (χ1n) is 5.01. The van der Waals surface area contributed by atoms with Gasteiger partial charge >= 0.3 is 0 Å². The van der Waals surface area contributed by atoms with E-state index in [-0.39, 0.29) is 18.2 Å². The number of benzene rings is 1. The van der Waals surface area contributed by atoms with Gasteiger partial charge in [0.25, 0.3) is 0 Å². The molecule has 5 nitrogen and oxygen atoms in total. The molecule has 5 heteroatoms. The molecule has 1 amide bonds. The Labute approximate surface area is 94.4 Å². The molecule has 0 aliphatic rings. The van der Waals surface area contributed by atoms with Crippen molar-refractivity contribution in [3.05, 3.63) is 24.3 Å². The molecule has 1 rings (SSSR count). The lowest BCUT2D eigenvalue weighted by molar-refractivity contribution is -0.115. The summed E-state index contributed by atoms with van der Waals surface area (Å²) in [6.07, 6.45) is 0. The molecule has 0 spiro atoms. The van der Waals surface area contributed by atoms with Gasteiger partial charge in [0, 0.05) is 19.3 Å². The minimum absolute atomic E-state index is 0.123. The predicted molar refractivity (Wildman–Crippen MR) is 61.5 cm³/mol. The van der Waals surface area contributed by atoms with Crippen molar-refractivity contribution in [2.45, 2.75) is 0 Å². The van der Waals surface area contributed by atoms with Gasteiger partial charge in [-0.2, -0.15) is 0 Å². The summed E-state index contributed by atoms with van der Waals surface area (Å²) in [7, 11) is 1.61. The molecule has 0 aromatic heterocycles. The lowest BCUT2D eigenvalue weighted by Gasteiger charge is -2.06. The van der Waals surface area contributed by atoms with E-state index in [4.69, 9.17) is 9.84 Å². The standard InChI is InChI=1S/C11H16N2O3/c1-16-7-6-12-8-11(15)13-9-2-4-10(14)5-3-9/h2-5,12,14H,6-8H2,1H3,(H,13,15). The summed E-state index contributed by atoms with van der Waals surface area (Å²) in [6, 6.07) is 6.33. The molecule has 0 fully saturated rings. The summed E-state index contributed by atoms with van der Waals surface area (Å²) in [4.78, 5) is 11.4. The fourth-order valence-corrected chi connectivity index (χ4v) is 1.13. The summed E-state index contributed by atoms with van der Waals surface area (Å²) < 4.78 is 4.83. The summed E-state index contributed by atoms with van der Waals surface area (Å²) >= 11 is 0. The van der Waals surface area contributed by atoms with E-state index in [1.807, 2.05) is 0 Å². The Morgan fingerprint density at radius 3 is 2.69 bits per heavy atom. The highest BCUT2D eigenvalue weighted by atomic mass is 16.5. The summed E-state index contributed by atoms with van der Waals surface area (Å²) in [5.74, 6) is 0.0537. The van der Waals surface area contributed by atoms with Crippen LogP contribution in [-0.2, 0) is 9.53 Å². The van der Waals surface area contributed by atoms with Gasteiger partial charge in [-0.1, -0.05) is 0 Å². The number of nitrogens with one attached hydrogen (secondary N) is 2.